The van der Waals surface area contributed by atoms with Gasteiger partial charge in [0, 0.05) is 30.9 Å². The fourth-order valence-electron chi connectivity index (χ4n) is 2.49. The van der Waals surface area contributed by atoms with Gasteiger partial charge in [-0.2, -0.15) is 0 Å². The van der Waals surface area contributed by atoms with Crippen molar-refractivity contribution in [3.63, 3.8) is 0 Å². The van der Waals surface area contributed by atoms with E-state index in [4.69, 9.17) is 0 Å². The van der Waals surface area contributed by atoms with Crippen molar-refractivity contribution in [2.75, 3.05) is 6.54 Å². The zero-order valence-electron chi connectivity index (χ0n) is 12.0. The van der Waals surface area contributed by atoms with E-state index >= 15 is 0 Å². The third-order valence-electron chi connectivity index (χ3n) is 3.66. The molecule has 0 bridgehead atoms. The van der Waals surface area contributed by atoms with Crippen LogP contribution >= 0.6 is 0 Å². The monoisotopic (exact) mass is 305 g/mol. The summed E-state index contributed by atoms with van der Waals surface area (Å²) in [6, 6.07) is 8.99. The molecule has 1 aliphatic rings. The predicted octanol–water partition coefficient (Wildman–Crippen LogP) is 2.05. The van der Waals surface area contributed by atoms with E-state index in [0.717, 1.165) is 11.5 Å². The molecule has 1 aromatic carbocycles. The first-order chi connectivity index (χ1) is 10.1. The van der Waals surface area contributed by atoms with Gasteiger partial charge in [-0.3, -0.25) is 0 Å². The molecule has 1 fully saturated rings. The molecule has 0 aliphatic heterocycles. The molecule has 6 heteroatoms. The number of imidazole rings is 1. The summed E-state index contributed by atoms with van der Waals surface area (Å²) in [4.78, 5) is 4.70. The number of nitrogens with one attached hydrogen (secondary N) is 1. The second-order valence-electron chi connectivity index (χ2n) is 5.38. The molecule has 1 heterocycles. The van der Waals surface area contributed by atoms with E-state index < -0.39 is 10.0 Å². The van der Waals surface area contributed by atoms with Crippen molar-refractivity contribution in [2.24, 2.45) is 0 Å². The van der Waals surface area contributed by atoms with Gasteiger partial charge in [0.05, 0.1) is 4.90 Å². The summed E-state index contributed by atoms with van der Waals surface area (Å²) < 4.78 is 29.1. The molecule has 112 valence electrons. The molecule has 2 aromatic rings. The molecule has 3 rings (SSSR count). The van der Waals surface area contributed by atoms with Crippen LogP contribution in [0.25, 0.3) is 0 Å². The van der Waals surface area contributed by atoms with Crippen molar-refractivity contribution in [1.29, 1.82) is 0 Å². The van der Waals surface area contributed by atoms with Crippen LogP contribution in [-0.4, -0.2) is 24.5 Å². The van der Waals surface area contributed by atoms with Gasteiger partial charge in [0.25, 0.3) is 0 Å². The van der Waals surface area contributed by atoms with Crippen molar-refractivity contribution in [3.8, 4) is 0 Å². The Labute approximate surface area is 125 Å². The average Bonchev–Trinajstić information content (AvgIpc) is 3.24. The van der Waals surface area contributed by atoms with Crippen LogP contribution in [0.1, 0.15) is 30.4 Å². The highest BCUT2D eigenvalue weighted by atomic mass is 32.2. The molecule has 0 atom stereocenters. The lowest BCUT2D eigenvalue weighted by molar-refractivity contribution is 0.578. The van der Waals surface area contributed by atoms with Gasteiger partial charge < -0.3 is 4.57 Å². The molecule has 1 aromatic heterocycles. The van der Waals surface area contributed by atoms with Crippen molar-refractivity contribution in [2.45, 2.75) is 37.1 Å². The van der Waals surface area contributed by atoms with E-state index in [1.807, 2.05) is 13.1 Å². The fourth-order valence-corrected chi connectivity index (χ4v) is 3.55. The Morgan fingerprint density at radius 2 is 2.00 bits per heavy atom. The molecule has 1 N–H and O–H groups in total. The molecule has 0 unspecified atom stereocenters. The number of aryl methyl sites for hydroxylation is 1. The summed E-state index contributed by atoms with van der Waals surface area (Å²) >= 11 is 0. The number of hydrogen-bond acceptors (Lipinski definition) is 3. The SMILES string of the molecule is Cc1cnc(CCNS(=O)(=O)c2ccccc2)n1C1CC1. The summed E-state index contributed by atoms with van der Waals surface area (Å²) in [6.45, 7) is 2.41. The molecular weight excluding hydrogens is 286 g/mol. The van der Waals surface area contributed by atoms with Crippen LogP contribution in [0.2, 0.25) is 0 Å². The van der Waals surface area contributed by atoms with Gasteiger partial charge in [0.15, 0.2) is 0 Å². The predicted molar refractivity (Wildman–Crippen MR) is 80.6 cm³/mol. The number of sulfonamides is 1. The van der Waals surface area contributed by atoms with E-state index in [1.165, 1.54) is 12.8 Å². The number of aromatic nitrogens is 2. The van der Waals surface area contributed by atoms with Gasteiger partial charge in [0.2, 0.25) is 10.0 Å². The molecule has 21 heavy (non-hydrogen) atoms. The second kappa shape index (κ2) is 5.61. The van der Waals surface area contributed by atoms with E-state index in [-0.39, 0.29) is 0 Å². The van der Waals surface area contributed by atoms with Crippen molar-refractivity contribution < 1.29 is 8.42 Å². The van der Waals surface area contributed by atoms with Crippen molar-refractivity contribution in [1.82, 2.24) is 14.3 Å². The highest BCUT2D eigenvalue weighted by Crippen LogP contribution is 2.36. The van der Waals surface area contributed by atoms with Crippen LogP contribution in [0.3, 0.4) is 0 Å². The maximum absolute atomic E-state index is 12.1. The Morgan fingerprint density at radius 3 is 2.67 bits per heavy atom. The van der Waals surface area contributed by atoms with Gasteiger partial charge >= 0.3 is 0 Å². The van der Waals surface area contributed by atoms with Gasteiger partial charge in [-0.05, 0) is 31.9 Å². The van der Waals surface area contributed by atoms with Crippen LogP contribution in [0.15, 0.2) is 41.4 Å². The minimum Gasteiger partial charge on any atom is -0.329 e. The normalized spacial score (nSPS) is 15.3. The molecule has 1 aliphatic carbocycles. The Kier molecular flexibility index (Phi) is 3.82. The van der Waals surface area contributed by atoms with Gasteiger partial charge in [-0.15, -0.1) is 0 Å². The zero-order chi connectivity index (χ0) is 14.9. The number of benzene rings is 1. The number of hydrogen-bond donors (Lipinski definition) is 1. The van der Waals surface area contributed by atoms with Gasteiger partial charge in [0.1, 0.15) is 5.82 Å². The minimum atomic E-state index is -3.43. The Bertz CT molecular complexity index is 719. The lowest BCUT2D eigenvalue weighted by Crippen LogP contribution is -2.26. The zero-order valence-corrected chi connectivity index (χ0v) is 12.8. The van der Waals surface area contributed by atoms with Crippen LogP contribution in [0.4, 0.5) is 0 Å². The van der Waals surface area contributed by atoms with Crippen LogP contribution in [0.5, 0.6) is 0 Å². The quantitative estimate of drug-likeness (QED) is 0.888. The summed E-state index contributed by atoms with van der Waals surface area (Å²) in [5.74, 6) is 0.964. The lowest BCUT2D eigenvalue weighted by Gasteiger charge is -2.09. The molecule has 0 spiro atoms. The summed E-state index contributed by atoms with van der Waals surface area (Å²) in [5.41, 5.74) is 1.15. The molecule has 1 saturated carbocycles. The Balaban J connectivity index is 1.64. The summed E-state index contributed by atoms with van der Waals surface area (Å²) in [6.07, 6.45) is 4.86. The maximum atomic E-state index is 12.1. The standard InChI is InChI=1S/C15H19N3O2S/c1-12-11-16-15(18(12)13-7-8-13)9-10-17-21(19,20)14-5-3-2-4-6-14/h2-6,11,13,17H,7-10H2,1H3. The smallest absolute Gasteiger partial charge is 0.240 e. The second-order valence-corrected chi connectivity index (χ2v) is 7.14. The maximum Gasteiger partial charge on any atom is 0.240 e. The average molecular weight is 305 g/mol. The summed E-state index contributed by atoms with van der Waals surface area (Å²) in [7, 11) is -3.43. The Morgan fingerprint density at radius 1 is 1.29 bits per heavy atom. The van der Waals surface area contributed by atoms with Crippen molar-refractivity contribution >= 4 is 10.0 Å². The molecule has 0 saturated heterocycles. The first kappa shape index (κ1) is 14.3. The van der Waals surface area contributed by atoms with Crippen LogP contribution < -0.4 is 4.72 Å². The van der Waals surface area contributed by atoms with Gasteiger partial charge in [-0.1, -0.05) is 18.2 Å². The van der Waals surface area contributed by atoms with E-state index in [0.29, 0.717) is 23.9 Å². The minimum absolute atomic E-state index is 0.298. The highest BCUT2D eigenvalue weighted by molar-refractivity contribution is 7.89. The summed E-state index contributed by atoms with van der Waals surface area (Å²) in [5, 5.41) is 0. The topological polar surface area (TPSA) is 64.0 Å². The van der Waals surface area contributed by atoms with E-state index in [2.05, 4.69) is 14.3 Å². The number of rotatable bonds is 6. The highest BCUT2D eigenvalue weighted by Gasteiger charge is 2.27. The molecular formula is C15H19N3O2S. The number of nitrogens with zero attached hydrogens (tertiary/aromatic N) is 2. The molecule has 0 amide bonds. The molecule has 0 radical (unpaired) electrons. The first-order valence-corrected chi connectivity index (χ1v) is 8.63. The van der Waals surface area contributed by atoms with Crippen molar-refractivity contribution in [3.05, 3.63) is 48.0 Å². The molecule has 5 nitrogen and oxygen atoms in total. The Hall–Kier alpha value is -1.66. The third kappa shape index (κ3) is 3.16. The first-order valence-electron chi connectivity index (χ1n) is 7.15. The van der Waals surface area contributed by atoms with Gasteiger partial charge in [-0.25, -0.2) is 18.1 Å². The lowest BCUT2D eigenvalue weighted by atomic mass is 10.4. The third-order valence-corrected chi connectivity index (χ3v) is 5.14. The van der Waals surface area contributed by atoms with Crippen LogP contribution in [0, 0.1) is 6.92 Å². The van der Waals surface area contributed by atoms with E-state index in [9.17, 15) is 8.42 Å². The fraction of sp³-hybridized carbons (Fsp3) is 0.400. The van der Waals surface area contributed by atoms with Crippen LogP contribution in [-0.2, 0) is 16.4 Å². The van der Waals surface area contributed by atoms with E-state index in [1.54, 1.807) is 30.3 Å². The largest absolute Gasteiger partial charge is 0.329 e.